The van der Waals surface area contributed by atoms with Crippen molar-refractivity contribution in [2.75, 3.05) is 7.11 Å². The summed E-state index contributed by atoms with van der Waals surface area (Å²) in [6.07, 6.45) is 1.14. The second-order valence-corrected chi connectivity index (χ2v) is 5.43. The van der Waals surface area contributed by atoms with Gasteiger partial charge in [0, 0.05) is 10.5 Å². The lowest BCUT2D eigenvalue weighted by atomic mass is 10.3. The molecular formula is C12H9BrN2O3S. The number of thioether (sulfide) groups is 1. The van der Waals surface area contributed by atoms with E-state index in [1.54, 1.807) is 0 Å². The molecule has 2 rings (SSSR count). The number of methoxy groups -OCH3 is 1. The number of amidine groups is 1. The maximum atomic E-state index is 11.6. The molecular weight excluding hydrogens is 332 g/mol. The van der Waals surface area contributed by atoms with E-state index in [2.05, 4.69) is 31.0 Å². The van der Waals surface area contributed by atoms with Crippen LogP contribution >= 0.6 is 27.7 Å². The second kappa shape index (κ2) is 6.03. The molecule has 1 aliphatic heterocycles. The maximum Gasteiger partial charge on any atom is 0.331 e. The monoisotopic (exact) mass is 340 g/mol. The zero-order chi connectivity index (χ0) is 13.8. The van der Waals surface area contributed by atoms with Gasteiger partial charge in [0.1, 0.15) is 0 Å². The molecule has 0 radical (unpaired) electrons. The van der Waals surface area contributed by atoms with Gasteiger partial charge in [0.25, 0.3) is 5.91 Å². The van der Waals surface area contributed by atoms with Crippen LogP contribution in [0, 0.1) is 0 Å². The number of amides is 1. The topological polar surface area (TPSA) is 67.8 Å². The van der Waals surface area contributed by atoms with Crippen LogP contribution in [-0.2, 0) is 14.3 Å². The summed E-state index contributed by atoms with van der Waals surface area (Å²) in [6.45, 7) is 0. The number of halogens is 1. The summed E-state index contributed by atoms with van der Waals surface area (Å²) in [5.41, 5.74) is 0.713. The Morgan fingerprint density at radius 2 is 2.11 bits per heavy atom. The Hall–Kier alpha value is -1.60. The predicted octanol–water partition coefficient (Wildman–Crippen LogP) is 2.36. The van der Waals surface area contributed by atoms with Crippen molar-refractivity contribution in [2.45, 2.75) is 0 Å². The third-order valence-corrected chi connectivity index (χ3v) is 3.60. The first-order valence-electron chi connectivity index (χ1n) is 5.21. The van der Waals surface area contributed by atoms with Crippen molar-refractivity contribution in [3.8, 4) is 0 Å². The number of carbonyl (C=O) groups is 2. The van der Waals surface area contributed by atoms with Crippen LogP contribution in [0.1, 0.15) is 0 Å². The van der Waals surface area contributed by atoms with E-state index >= 15 is 0 Å². The molecule has 19 heavy (non-hydrogen) atoms. The van der Waals surface area contributed by atoms with E-state index in [9.17, 15) is 9.59 Å². The van der Waals surface area contributed by atoms with E-state index in [1.165, 1.54) is 7.11 Å². The fraction of sp³-hybridized carbons (Fsp3) is 0.0833. The second-order valence-electron chi connectivity index (χ2n) is 3.48. The number of nitrogens with zero attached hydrogens (tertiary/aromatic N) is 1. The van der Waals surface area contributed by atoms with Crippen molar-refractivity contribution >= 4 is 50.4 Å². The highest BCUT2D eigenvalue weighted by molar-refractivity contribution is 9.10. The van der Waals surface area contributed by atoms with Gasteiger partial charge >= 0.3 is 5.97 Å². The molecule has 1 amide bonds. The Bertz CT molecular complexity index is 581. The van der Waals surface area contributed by atoms with Gasteiger partial charge < -0.3 is 10.1 Å². The first-order valence-corrected chi connectivity index (χ1v) is 6.82. The van der Waals surface area contributed by atoms with Crippen LogP contribution in [0.15, 0.2) is 44.7 Å². The molecule has 1 aromatic carbocycles. The Morgan fingerprint density at radius 1 is 1.42 bits per heavy atom. The third-order valence-electron chi connectivity index (χ3n) is 2.16. The van der Waals surface area contributed by atoms with Gasteiger partial charge in [-0.25, -0.2) is 9.79 Å². The van der Waals surface area contributed by atoms with E-state index < -0.39 is 5.97 Å². The molecule has 0 saturated carbocycles. The lowest BCUT2D eigenvalue weighted by molar-refractivity contribution is -0.135. The van der Waals surface area contributed by atoms with Crippen molar-refractivity contribution < 1.29 is 14.3 Å². The molecule has 0 bridgehead atoms. The van der Waals surface area contributed by atoms with Gasteiger partial charge in [-0.15, -0.1) is 0 Å². The Labute approximate surface area is 122 Å². The van der Waals surface area contributed by atoms with Crippen LogP contribution in [0.3, 0.4) is 0 Å². The zero-order valence-corrected chi connectivity index (χ0v) is 12.2. The number of hydrogen-bond donors (Lipinski definition) is 1. The molecule has 0 aliphatic carbocycles. The normalized spacial score (nSPS) is 18.7. The molecule has 1 aromatic rings. The number of carbonyl (C=O) groups excluding carboxylic acids is 2. The van der Waals surface area contributed by atoms with E-state index in [0.717, 1.165) is 22.3 Å². The fourth-order valence-electron chi connectivity index (χ4n) is 1.28. The van der Waals surface area contributed by atoms with E-state index in [4.69, 9.17) is 0 Å². The smallest absolute Gasteiger partial charge is 0.331 e. The molecule has 1 fully saturated rings. The molecule has 1 N–H and O–H groups in total. The quantitative estimate of drug-likeness (QED) is 0.662. The molecule has 7 heteroatoms. The van der Waals surface area contributed by atoms with Gasteiger partial charge in [-0.1, -0.05) is 15.9 Å². The number of benzene rings is 1. The van der Waals surface area contributed by atoms with E-state index in [-0.39, 0.29) is 10.8 Å². The Morgan fingerprint density at radius 3 is 2.74 bits per heavy atom. The van der Waals surface area contributed by atoms with E-state index in [0.29, 0.717) is 10.9 Å². The van der Waals surface area contributed by atoms with Crippen molar-refractivity contribution in [3.63, 3.8) is 0 Å². The Balaban J connectivity index is 2.16. The number of hydrogen-bond acceptors (Lipinski definition) is 5. The minimum Gasteiger partial charge on any atom is -0.466 e. The lowest BCUT2D eigenvalue weighted by Gasteiger charge is -1.96. The molecule has 98 valence electrons. The van der Waals surface area contributed by atoms with Gasteiger partial charge in [-0.05, 0) is 36.0 Å². The van der Waals surface area contributed by atoms with Gasteiger partial charge in [-0.3, -0.25) is 4.79 Å². The summed E-state index contributed by atoms with van der Waals surface area (Å²) >= 11 is 4.43. The van der Waals surface area contributed by atoms with Gasteiger partial charge in [0.2, 0.25) is 0 Å². The number of nitrogens with one attached hydrogen (secondary N) is 1. The van der Waals surface area contributed by atoms with Crippen molar-refractivity contribution in [3.05, 3.63) is 39.7 Å². The highest BCUT2D eigenvalue weighted by Crippen LogP contribution is 2.26. The molecule has 0 atom stereocenters. The van der Waals surface area contributed by atoms with Crippen LogP contribution in [0.4, 0.5) is 5.69 Å². The molecule has 0 spiro atoms. The van der Waals surface area contributed by atoms with Gasteiger partial charge in [0.15, 0.2) is 5.17 Å². The highest BCUT2D eigenvalue weighted by atomic mass is 79.9. The van der Waals surface area contributed by atoms with Gasteiger partial charge in [-0.2, -0.15) is 0 Å². The fourth-order valence-corrected chi connectivity index (χ4v) is 2.35. The molecule has 0 aromatic heterocycles. The SMILES string of the molecule is COC(=O)C=C1SC(=Nc2ccc(Br)cc2)NC1=O. The highest BCUT2D eigenvalue weighted by Gasteiger charge is 2.24. The summed E-state index contributed by atoms with van der Waals surface area (Å²) in [7, 11) is 1.26. The van der Waals surface area contributed by atoms with Gasteiger partial charge in [0.05, 0.1) is 17.7 Å². The van der Waals surface area contributed by atoms with Crippen LogP contribution < -0.4 is 5.32 Å². The third kappa shape index (κ3) is 3.68. The van der Waals surface area contributed by atoms with Crippen molar-refractivity contribution in [1.82, 2.24) is 5.32 Å². The van der Waals surface area contributed by atoms with Crippen LogP contribution in [0.2, 0.25) is 0 Å². The van der Waals surface area contributed by atoms with E-state index in [1.807, 2.05) is 24.3 Å². The number of esters is 1. The molecule has 1 aliphatic rings. The number of ether oxygens (including phenoxy) is 1. The summed E-state index contributed by atoms with van der Waals surface area (Å²) in [5.74, 6) is -0.922. The zero-order valence-electron chi connectivity index (χ0n) is 9.84. The first-order chi connectivity index (χ1) is 9.08. The molecule has 1 heterocycles. The molecule has 5 nitrogen and oxygen atoms in total. The number of aliphatic imine (C=N–C) groups is 1. The number of rotatable bonds is 2. The first kappa shape index (κ1) is 13.8. The van der Waals surface area contributed by atoms with Crippen LogP contribution in [-0.4, -0.2) is 24.2 Å². The summed E-state index contributed by atoms with van der Waals surface area (Å²) < 4.78 is 5.42. The van der Waals surface area contributed by atoms with Crippen LogP contribution in [0.25, 0.3) is 0 Å². The summed E-state index contributed by atoms with van der Waals surface area (Å²) in [6, 6.07) is 7.33. The lowest BCUT2D eigenvalue weighted by Crippen LogP contribution is -2.19. The summed E-state index contributed by atoms with van der Waals surface area (Å²) in [5, 5.41) is 3.02. The minimum atomic E-state index is -0.567. The minimum absolute atomic E-state index is 0.266. The Kier molecular flexibility index (Phi) is 4.39. The van der Waals surface area contributed by atoms with Crippen LogP contribution in [0.5, 0.6) is 0 Å². The molecule has 1 saturated heterocycles. The standard InChI is InChI=1S/C12H9BrN2O3S/c1-18-10(16)6-9-11(17)15-12(19-9)14-8-4-2-7(13)3-5-8/h2-6H,1H3,(H,14,15,17). The van der Waals surface area contributed by atoms with Crippen molar-refractivity contribution in [2.24, 2.45) is 4.99 Å². The average molecular weight is 341 g/mol. The summed E-state index contributed by atoms with van der Waals surface area (Å²) in [4.78, 5) is 27.2. The largest absolute Gasteiger partial charge is 0.466 e. The maximum absolute atomic E-state index is 11.6. The van der Waals surface area contributed by atoms with Crippen molar-refractivity contribution in [1.29, 1.82) is 0 Å². The predicted molar refractivity (Wildman–Crippen MR) is 77.1 cm³/mol. The molecule has 0 unspecified atom stereocenters. The average Bonchev–Trinajstić information content (AvgIpc) is 2.72.